The molecule has 1 amide bonds. The predicted octanol–water partition coefficient (Wildman–Crippen LogP) is 3.38. The van der Waals surface area contributed by atoms with Crippen LogP contribution in [0.1, 0.15) is 17.5 Å². The van der Waals surface area contributed by atoms with E-state index in [4.69, 9.17) is 0 Å². The number of aliphatic imine (C=N–C) groups is 1. The SMILES string of the molecule is CN=C(NCCc1cccc(F)c1F)NCC1CC(=O)N(CCc2ccccc2)C1.I. The molecule has 1 fully saturated rings. The van der Waals surface area contributed by atoms with Crippen LogP contribution in [-0.2, 0) is 17.6 Å². The van der Waals surface area contributed by atoms with Crippen LogP contribution >= 0.6 is 24.0 Å². The Morgan fingerprint density at radius 2 is 1.87 bits per heavy atom. The third-order valence-corrected chi connectivity index (χ3v) is 5.31. The van der Waals surface area contributed by atoms with Crippen LogP contribution in [-0.4, -0.2) is 50.0 Å². The summed E-state index contributed by atoms with van der Waals surface area (Å²) < 4.78 is 27.0. The molecule has 1 heterocycles. The van der Waals surface area contributed by atoms with E-state index in [2.05, 4.69) is 27.8 Å². The lowest BCUT2D eigenvalue weighted by molar-refractivity contribution is -0.127. The minimum atomic E-state index is -0.835. The quantitative estimate of drug-likeness (QED) is 0.306. The average Bonchev–Trinajstić information content (AvgIpc) is 3.12. The molecule has 3 rings (SSSR count). The van der Waals surface area contributed by atoms with Crippen LogP contribution in [0, 0.1) is 17.6 Å². The van der Waals surface area contributed by atoms with E-state index in [0.29, 0.717) is 37.5 Å². The van der Waals surface area contributed by atoms with Gasteiger partial charge < -0.3 is 15.5 Å². The molecule has 1 aliphatic rings. The summed E-state index contributed by atoms with van der Waals surface area (Å²) in [5.41, 5.74) is 1.56. The number of rotatable bonds is 8. The third kappa shape index (κ3) is 7.45. The zero-order valence-corrected chi connectivity index (χ0v) is 19.9. The van der Waals surface area contributed by atoms with E-state index < -0.39 is 11.6 Å². The molecule has 1 saturated heterocycles. The Balaban J connectivity index is 0.00000341. The topological polar surface area (TPSA) is 56.7 Å². The number of likely N-dealkylation sites (tertiary alicyclic amines) is 1. The average molecular weight is 542 g/mol. The summed E-state index contributed by atoms with van der Waals surface area (Å²) in [4.78, 5) is 18.4. The van der Waals surface area contributed by atoms with Gasteiger partial charge in [0.25, 0.3) is 0 Å². The molecule has 1 aliphatic heterocycles. The van der Waals surface area contributed by atoms with Gasteiger partial charge in [0, 0.05) is 45.6 Å². The second-order valence-electron chi connectivity index (χ2n) is 7.49. The van der Waals surface area contributed by atoms with Gasteiger partial charge in [-0.05, 0) is 30.0 Å². The maximum atomic E-state index is 13.7. The summed E-state index contributed by atoms with van der Waals surface area (Å²) in [6, 6.07) is 14.3. The number of nitrogens with one attached hydrogen (secondary N) is 2. The van der Waals surface area contributed by atoms with Crippen molar-refractivity contribution in [3.8, 4) is 0 Å². The molecular formula is C23H29F2IN4O. The molecule has 0 aliphatic carbocycles. The highest BCUT2D eigenvalue weighted by Gasteiger charge is 2.29. The van der Waals surface area contributed by atoms with Gasteiger partial charge in [-0.3, -0.25) is 9.79 Å². The van der Waals surface area contributed by atoms with E-state index in [0.717, 1.165) is 25.6 Å². The first-order valence-corrected chi connectivity index (χ1v) is 10.3. The highest BCUT2D eigenvalue weighted by molar-refractivity contribution is 14.0. The van der Waals surface area contributed by atoms with Gasteiger partial charge in [-0.15, -0.1) is 24.0 Å². The molecule has 168 valence electrons. The fourth-order valence-corrected chi connectivity index (χ4v) is 3.63. The molecule has 0 bridgehead atoms. The van der Waals surface area contributed by atoms with Gasteiger partial charge in [0.15, 0.2) is 17.6 Å². The summed E-state index contributed by atoms with van der Waals surface area (Å²) in [7, 11) is 1.66. The minimum Gasteiger partial charge on any atom is -0.356 e. The normalized spacial score (nSPS) is 16.2. The van der Waals surface area contributed by atoms with Crippen molar-refractivity contribution in [2.24, 2.45) is 10.9 Å². The highest BCUT2D eigenvalue weighted by Crippen LogP contribution is 2.17. The molecule has 0 saturated carbocycles. The van der Waals surface area contributed by atoms with Crippen molar-refractivity contribution in [1.29, 1.82) is 0 Å². The minimum absolute atomic E-state index is 0. The third-order valence-electron chi connectivity index (χ3n) is 5.31. The first-order chi connectivity index (χ1) is 14.6. The summed E-state index contributed by atoms with van der Waals surface area (Å²) >= 11 is 0. The Hall–Kier alpha value is -2.23. The molecule has 0 spiro atoms. The van der Waals surface area contributed by atoms with Crippen molar-refractivity contribution < 1.29 is 13.6 Å². The number of nitrogens with zero attached hydrogens (tertiary/aromatic N) is 2. The van der Waals surface area contributed by atoms with E-state index in [1.165, 1.54) is 11.6 Å². The van der Waals surface area contributed by atoms with Crippen LogP contribution in [0.15, 0.2) is 53.5 Å². The molecule has 0 radical (unpaired) electrons. The Morgan fingerprint density at radius 3 is 2.61 bits per heavy atom. The first-order valence-electron chi connectivity index (χ1n) is 10.3. The van der Waals surface area contributed by atoms with Crippen LogP contribution in [0.3, 0.4) is 0 Å². The van der Waals surface area contributed by atoms with Crippen LogP contribution < -0.4 is 10.6 Å². The Bertz CT molecular complexity index is 879. The number of halogens is 3. The second kappa shape index (κ2) is 12.6. The summed E-state index contributed by atoms with van der Waals surface area (Å²) in [5, 5.41) is 6.34. The number of amides is 1. The zero-order valence-electron chi connectivity index (χ0n) is 17.6. The molecule has 1 unspecified atom stereocenters. The number of carbonyl (C=O) groups excluding carboxylic acids is 1. The van der Waals surface area contributed by atoms with Crippen molar-refractivity contribution in [1.82, 2.24) is 15.5 Å². The lowest BCUT2D eigenvalue weighted by atomic mass is 10.1. The summed E-state index contributed by atoms with van der Waals surface area (Å²) in [5.74, 6) is -0.656. The molecular weight excluding hydrogens is 513 g/mol. The van der Waals surface area contributed by atoms with Gasteiger partial charge >= 0.3 is 0 Å². The van der Waals surface area contributed by atoms with Gasteiger partial charge in [0.1, 0.15) is 0 Å². The molecule has 1 atom stereocenters. The van der Waals surface area contributed by atoms with E-state index in [1.807, 2.05) is 23.1 Å². The maximum absolute atomic E-state index is 13.7. The van der Waals surface area contributed by atoms with Crippen molar-refractivity contribution >= 4 is 35.8 Å². The van der Waals surface area contributed by atoms with Gasteiger partial charge in [-0.1, -0.05) is 42.5 Å². The van der Waals surface area contributed by atoms with E-state index in [-0.39, 0.29) is 35.8 Å². The van der Waals surface area contributed by atoms with Gasteiger partial charge in [-0.25, -0.2) is 8.78 Å². The van der Waals surface area contributed by atoms with Crippen LogP contribution in [0.4, 0.5) is 8.78 Å². The summed E-state index contributed by atoms with van der Waals surface area (Å²) in [6.45, 7) is 2.50. The fraction of sp³-hybridized carbons (Fsp3) is 0.391. The monoisotopic (exact) mass is 542 g/mol. The van der Waals surface area contributed by atoms with Crippen molar-refractivity contribution in [3.05, 3.63) is 71.3 Å². The van der Waals surface area contributed by atoms with Crippen molar-refractivity contribution in [2.75, 3.05) is 33.2 Å². The van der Waals surface area contributed by atoms with E-state index >= 15 is 0 Å². The molecule has 31 heavy (non-hydrogen) atoms. The van der Waals surface area contributed by atoms with E-state index in [9.17, 15) is 13.6 Å². The number of hydrogen-bond acceptors (Lipinski definition) is 2. The number of hydrogen-bond donors (Lipinski definition) is 2. The van der Waals surface area contributed by atoms with Gasteiger partial charge in [-0.2, -0.15) is 0 Å². The number of guanidine groups is 1. The summed E-state index contributed by atoms with van der Waals surface area (Å²) in [6.07, 6.45) is 1.72. The predicted molar refractivity (Wildman–Crippen MR) is 130 cm³/mol. The molecule has 2 aromatic carbocycles. The van der Waals surface area contributed by atoms with Gasteiger partial charge in [0.05, 0.1) is 0 Å². The lowest BCUT2D eigenvalue weighted by Crippen LogP contribution is -2.41. The highest BCUT2D eigenvalue weighted by atomic mass is 127. The first kappa shape index (κ1) is 25.0. The zero-order chi connectivity index (χ0) is 21.3. The second-order valence-corrected chi connectivity index (χ2v) is 7.49. The molecule has 5 nitrogen and oxygen atoms in total. The van der Waals surface area contributed by atoms with Gasteiger partial charge in [0.2, 0.25) is 5.91 Å². The van der Waals surface area contributed by atoms with Crippen molar-refractivity contribution in [3.63, 3.8) is 0 Å². The Labute approximate surface area is 199 Å². The van der Waals surface area contributed by atoms with Crippen LogP contribution in [0.2, 0.25) is 0 Å². The molecule has 2 N–H and O–H groups in total. The Kier molecular flexibility index (Phi) is 10.2. The maximum Gasteiger partial charge on any atom is 0.223 e. The Morgan fingerprint density at radius 1 is 1.10 bits per heavy atom. The molecule has 2 aromatic rings. The molecule has 8 heteroatoms. The fourth-order valence-electron chi connectivity index (χ4n) is 3.63. The van der Waals surface area contributed by atoms with E-state index in [1.54, 1.807) is 13.1 Å². The van der Waals surface area contributed by atoms with Crippen molar-refractivity contribution in [2.45, 2.75) is 19.3 Å². The molecule has 0 aromatic heterocycles. The lowest BCUT2D eigenvalue weighted by Gasteiger charge is -2.18. The standard InChI is InChI=1S/C23H28F2N4O.HI/c1-26-23(27-12-10-19-8-5-9-20(24)22(19)25)28-15-18-14-21(30)29(16-18)13-11-17-6-3-2-4-7-17;/h2-9,18H,10-16H2,1H3,(H2,26,27,28);1H. The number of carbonyl (C=O) groups is 1. The largest absolute Gasteiger partial charge is 0.356 e. The van der Waals surface area contributed by atoms with Crippen LogP contribution in [0.25, 0.3) is 0 Å². The van der Waals surface area contributed by atoms with Crippen LogP contribution in [0.5, 0.6) is 0 Å². The smallest absolute Gasteiger partial charge is 0.223 e. The number of benzene rings is 2.